The molecule has 6 nitrogen and oxygen atoms in total. The molecule has 0 aliphatic carbocycles. The van der Waals surface area contributed by atoms with Crippen LogP contribution in [0.5, 0.6) is 11.5 Å². The van der Waals surface area contributed by atoms with Crippen LogP contribution in [0.2, 0.25) is 0 Å². The van der Waals surface area contributed by atoms with Gasteiger partial charge >= 0.3 is 0 Å². The first-order valence-electron chi connectivity index (χ1n) is 10.3. The SMILES string of the molecule is COc1cccc(Cn2c(=N)n(CC(O)COc3ccc(C)cc3)c3ccccc32)c1. The second-order valence-corrected chi connectivity index (χ2v) is 7.64. The summed E-state index contributed by atoms with van der Waals surface area (Å²) in [5, 5.41) is 19.4. The molecule has 0 bridgehead atoms. The quantitative estimate of drug-likeness (QED) is 0.459. The van der Waals surface area contributed by atoms with Crippen LogP contribution in [0.4, 0.5) is 0 Å². The predicted molar refractivity (Wildman–Crippen MR) is 121 cm³/mol. The number of aromatic nitrogens is 2. The maximum atomic E-state index is 10.6. The highest BCUT2D eigenvalue weighted by Crippen LogP contribution is 2.18. The van der Waals surface area contributed by atoms with Gasteiger partial charge in [-0.15, -0.1) is 0 Å². The van der Waals surface area contributed by atoms with E-state index in [1.807, 2.05) is 88.9 Å². The van der Waals surface area contributed by atoms with Crippen molar-refractivity contribution in [2.24, 2.45) is 0 Å². The highest BCUT2D eigenvalue weighted by atomic mass is 16.5. The molecule has 1 unspecified atom stereocenters. The number of nitrogens with one attached hydrogen (secondary N) is 1. The van der Waals surface area contributed by atoms with Crippen LogP contribution in [-0.2, 0) is 13.1 Å². The molecule has 3 aromatic carbocycles. The Bertz CT molecular complexity index is 1220. The van der Waals surface area contributed by atoms with Crippen LogP contribution in [0.3, 0.4) is 0 Å². The average Bonchev–Trinajstić information content (AvgIpc) is 3.05. The molecular formula is C25H27N3O3. The number of imidazole rings is 1. The molecule has 4 rings (SSSR count). The molecule has 0 fully saturated rings. The van der Waals surface area contributed by atoms with Crippen molar-refractivity contribution >= 4 is 11.0 Å². The minimum atomic E-state index is -0.744. The van der Waals surface area contributed by atoms with Crippen LogP contribution in [0.1, 0.15) is 11.1 Å². The van der Waals surface area contributed by atoms with Crippen molar-refractivity contribution < 1.29 is 14.6 Å². The van der Waals surface area contributed by atoms with Crippen molar-refractivity contribution in [2.45, 2.75) is 26.1 Å². The van der Waals surface area contributed by atoms with Crippen molar-refractivity contribution in [3.63, 3.8) is 0 Å². The van der Waals surface area contributed by atoms with Gasteiger partial charge < -0.3 is 23.7 Å². The van der Waals surface area contributed by atoms with Gasteiger partial charge in [-0.05, 0) is 48.9 Å². The van der Waals surface area contributed by atoms with Gasteiger partial charge in [0.1, 0.15) is 24.2 Å². The van der Waals surface area contributed by atoms with E-state index in [0.29, 0.717) is 12.2 Å². The summed E-state index contributed by atoms with van der Waals surface area (Å²) < 4.78 is 14.8. The summed E-state index contributed by atoms with van der Waals surface area (Å²) in [5.41, 5.74) is 4.39. The van der Waals surface area contributed by atoms with Crippen LogP contribution in [-0.4, -0.2) is 34.1 Å². The molecule has 2 N–H and O–H groups in total. The molecule has 1 aromatic heterocycles. The van der Waals surface area contributed by atoms with Gasteiger partial charge in [0.25, 0.3) is 0 Å². The van der Waals surface area contributed by atoms with Gasteiger partial charge in [-0.3, -0.25) is 5.41 Å². The van der Waals surface area contributed by atoms with E-state index in [1.165, 1.54) is 0 Å². The van der Waals surface area contributed by atoms with Gasteiger partial charge in [-0.2, -0.15) is 0 Å². The molecule has 0 amide bonds. The molecule has 0 aliphatic rings. The molecule has 6 heteroatoms. The Morgan fingerprint density at radius 2 is 1.61 bits per heavy atom. The lowest BCUT2D eigenvalue weighted by Crippen LogP contribution is -2.31. The normalized spacial score (nSPS) is 12.1. The molecule has 31 heavy (non-hydrogen) atoms. The van der Waals surface area contributed by atoms with Gasteiger partial charge in [-0.25, -0.2) is 0 Å². The fraction of sp³-hybridized carbons (Fsp3) is 0.240. The monoisotopic (exact) mass is 417 g/mol. The first-order valence-corrected chi connectivity index (χ1v) is 10.3. The molecular weight excluding hydrogens is 390 g/mol. The lowest BCUT2D eigenvalue weighted by molar-refractivity contribution is 0.0921. The first-order chi connectivity index (χ1) is 15.0. The van der Waals surface area contributed by atoms with Crippen LogP contribution in [0.15, 0.2) is 72.8 Å². The number of hydrogen-bond donors (Lipinski definition) is 2. The summed E-state index contributed by atoms with van der Waals surface area (Å²) in [7, 11) is 1.65. The highest BCUT2D eigenvalue weighted by molar-refractivity contribution is 5.76. The zero-order valence-electron chi connectivity index (χ0n) is 17.8. The van der Waals surface area contributed by atoms with E-state index < -0.39 is 6.10 Å². The predicted octanol–water partition coefficient (Wildman–Crippen LogP) is 3.73. The van der Waals surface area contributed by atoms with E-state index in [9.17, 15) is 5.11 Å². The molecule has 1 heterocycles. The van der Waals surface area contributed by atoms with Gasteiger partial charge in [0, 0.05) is 0 Å². The van der Waals surface area contributed by atoms with E-state index in [2.05, 4.69) is 0 Å². The fourth-order valence-electron chi connectivity index (χ4n) is 3.68. The highest BCUT2D eigenvalue weighted by Gasteiger charge is 2.15. The van der Waals surface area contributed by atoms with Gasteiger partial charge in [0.15, 0.2) is 0 Å². The number of ether oxygens (including phenoxy) is 2. The zero-order chi connectivity index (χ0) is 21.8. The number of hydrogen-bond acceptors (Lipinski definition) is 4. The van der Waals surface area contributed by atoms with Crippen LogP contribution in [0, 0.1) is 12.3 Å². The van der Waals surface area contributed by atoms with E-state index in [1.54, 1.807) is 7.11 Å². The Balaban J connectivity index is 1.57. The first kappa shape index (κ1) is 20.8. The topological polar surface area (TPSA) is 72.4 Å². The number of para-hydroxylation sites is 2. The number of aryl methyl sites for hydroxylation is 1. The summed E-state index contributed by atoms with van der Waals surface area (Å²) in [5.74, 6) is 1.51. The van der Waals surface area contributed by atoms with Crippen LogP contribution >= 0.6 is 0 Å². The molecule has 0 aliphatic heterocycles. The Hall–Kier alpha value is -3.51. The molecule has 4 aromatic rings. The number of fused-ring (bicyclic) bond motifs is 1. The zero-order valence-corrected chi connectivity index (χ0v) is 17.8. The summed E-state index contributed by atoms with van der Waals surface area (Å²) in [4.78, 5) is 0. The standard InChI is InChI=1S/C25H27N3O3/c1-18-10-12-21(13-11-18)31-17-20(29)16-28-24-9-4-3-8-23(24)27(25(28)26)15-19-6-5-7-22(14-19)30-2/h3-14,20,26,29H,15-17H2,1-2H3. The lowest BCUT2D eigenvalue weighted by atomic mass is 10.2. The fourth-order valence-corrected chi connectivity index (χ4v) is 3.68. The van der Waals surface area contributed by atoms with Crippen molar-refractivity contribution in [2.75, 3.05) is 13.7 Å². The van der Waals surface area contributed by atoms with Gasteiger partial charge in [0.05, 0.1) is 31.2 Å². The molecule has 160 valence electrons. The van der Waals surface area contributed by atoms with Crippen molar-refractivity contribution in [3.05, 3.63) is 89.5 Å². The molecule has 0 saturated heterocycles. The summed E-state index contributed by atoms with van der Waals surface area (Å²) in [6.45, 7) is 2.99. The molecule has 0 radical (unpaired) electrons. The Morgan fingerprint density at radius 1 is 0.903 bits per heavy atom. The Kier molecular flexibility index (Phi) is 6.09. The summed E-state index contributed by atoms with van der Waals surface area (Å²) in [6.07, 6.45) is -0.744. The van der Waals surface area contributed by atoms with Gasteiger partial charge in [0.2, 0.25) is 5.62 Å². The van der Waals surface area contributed by atoms with E-state index in [0.717, 1.165) is 33.7 Å². The van der Waals surface area contributed by atoms with Crippen LogP contribution in [0.25, 0.3) is 11.0 Å². The maximum absolute atomic E-state index is 10.6. The Labute approximate surface area is 181 Å². The largest absolute Gasteiger partial charge is 0.497 e. The van der Waals surface area contributed by atoms with Crippen molar-refractivity contribution in [1.29, 1.82) is 5.41 Å². The molecule has 0 saturated carbocycles. The average molecular weight is 418 g/mol. The summed E-state index contributed by atoms with van der Waals surface area (Å²) >= 11 is 0. The number of nitrogens with zero attached hydrogens (tertiary/aromatic N) is 2. The van der Waals surface area contributed by atoms with Crippen LogP contribution < -0.4 is 15.1 Å². The van der Waals surface area contributed by atoms with E-state index in [-0.39, 0.29) is 13.2 Å². The number of rotatable bonds is 8. The minimum absolute atomic E-state index is 0.158. The maximum Gasteiger partial charge on any atom is 0.203 e. The third-order valence-corrected chi connectivity index (χ3v) is 5.31. The Morgan fingerprint density at radius 3 is 2.32 bits per heavy atom. The minimum Gasteiger partial charge on any atom is -0.497 e. The van der Waals surface area contributed by atoms with E-state index in [4.69, 9.17) is 14.9 Å². The third-order valence-electron chi connectivity index (χ3n) is 5.31. The van der Waals surface area contributed by atoms with Crippen molar-refractivity contribution in [3.8, 4) is 11.5 Å². The molecule has 0 spiro atoms. The van der Waals surface area contributed by atoms with Crippen molar-refractivity contribution in [1.82, 2.24) is 9.13 Å². The number of benzene rings is 3. The third kappa shape index (κ3) is 4.64. The number of methoxy groups -OCH3 is 1. The summed E-state index contributed by atoms with van der Waals surface area (Å²) in [6, 6.07) is 23.5. The van der Waals surface area contributed by atoms with Gasteiger partial charge in [-0.1, -0.05) is 42.0 Å². The van der Waals surface area contributed by atoms with E-state index >= 15 is 0 Å². The molecule has 1 atom stereocenters. The smallest absolute Gasteiger partial charge is 0.203 e. The lowest BCUT2D eigenvalue weighted by Gasteiger charge is -2.14. The number of aliphatic hydroxyl groups excluding tert-OH is 1. The second kappa shape index (κ2) is 9.10. The second-order valence-electron chi connectivity index (χ2n) is 7.64. The number of aliphatic hydroxyl groups is 1.